The Hall–Kier alpha value is -1.63. The number of nitrogens with one attached hydrogen (secondary N) is 2. The van der Waals surface area contributed by atoms with Crippen LogP contribution in [0.3, 0.4) is 0 Å². The molecule has 2 fully saturated rings. The molecule has 26 heavy (non-hydrogen) atoms. The SMILES string of the molecule is O=C(NCC1CCCN(Cc2cn3cc(Cl)ccc3n2)C1)C1CCCN1. The van der Waals surface area contributed by atoms with Crippen molar-refractivity contribution in [2.45, 2.75) is 38.3 Å². The van der Waals surface area contributed by atoms with Gasteiger partial charge in [-0.05, 0) is 56.8 Å². The molecule has 0 aromatic carbocycles. The fourth-order valence-electron chi connectivity index (χ4n) is 4.06. The molecule has 0 radical (unpaired) electrons. The number of likely N-dealkylation sites (tertiary alicyclic amines) is 1. The molecule has 2 N–H and O–H groups in total. The lowest BCUT2D eigenvalue weighted by Gasteiger charge is -2.32. The Morgan fingerprint density at radius 2 is 2.23 bits per heavy atom. The highest BCUT2D eigenvalue weighted by atomic mass is 35.5. The maximum absolute atomic E-state index is 12.2. The number of carbonyl (C=O) groups is 1. The van der Waals surface area contributed by atoms with Crippen LogP contribution in [0, 0.1) is 5.92 Å². The fourth-order valence-corrected chi connectivity index (χ4v) is 4.23. The summed E-state index contributed by atoms with van der Waals surface area (Å²) in [6.45, 7) is 4.66. The third-order valence-electron chi connectivity index (χ3n) is 5.40. The number of fused-ring (bicyclic) bond motifs is 1. The zero-order valence-corrected chi connectivity index (χ0v) is 15.7. The second-order valence-corrected chi connectivity index (χ2v) is 7.92. The monoisotopic (exact) mass is 375 g/mol. The van der Waals surface area contributed by atoms with E-state index in [9.17, 15) is 4.79 Å². The Morgan fingerprint density at radius 3 is 3.08 bits per heavy atom. The fraction of sp³-hybridized carbons (Fsp3) is 0.579. The molecule has 2 aliphatic heterocycles. The first kappa shape index (κ1) is 17.8. The van der Waals surface area contributed by atoms with E-state index in [2.05, 4.69) is 26.7 Å². The van der Waals surface area contributed by atoms with Gasteiger partial charge >= 0.3 is 0 Å². The van der Waals surface area contributed by atoms with E-state index in [1.165, 1.54) is 12.8 Å². The largest absolute Gasteiger partial charge is 0.354 e. The summed E-state index contributed by atoms with van der Waals surface area (Å²) in [6.07, 6.45) is 8.34. The van der Waals surface area contributed by atoms with E-state index in [4.69, 9.17) is 11.6 Å². The predicted molar refractivity (Wildman–Crippen MR) is 102 cm³/mol. The van der Waals surface area contributed by atoms with Crippen molar-refractivity contribution in [2.75, 3.05) is 26.2 Å². The molecule has 2 unspecified atom stereocenters. The molecule has 4 rings (SSSR count). The lowest BCUT2D eigenvalue weighted by atomic mass is 9.97. The van der Waals surface area contributed by atoms with Crippen LogP contribution in [-0.2, 0) is 11.3 Å². The van der Waals surface area contributed by atoms with E-state index >= 15 is 0 Å². The molecule has 140 valence electrons. The van der Waals surface area contributed by atoms with Gasteiger partial charge in [0, 0.05) is 32.0 Å². The Morgan fingerprint density at radius 1 is 1.31 bits per heavy atom. The number of halogens is 1. The first-order valence-electron chi connectivity index (χ1n) is 9.54. The van der Waals surface area contributed by atoms with Crippen molar-refractivity contribution in [3.63, 3.8) is 0 Å². The van der Waals surface area contributed by atoms with Crippen LogP contribution in [0.5, 0.6) is 0 Å². The molecular formula is C19H26ClN5O. The molecule has 2 aliphatic rings. The highest BCUT2D eigenvalue weighted by Crippen LogP contribution is 2.19. The molecular weight excluding hydrogens is 350 g/mol. The standard InChI is InChI=1S/C19H26ClN5O/c20-15-5-6-18-23-16(13-25(18)11-15)12-24-8-2-3-14(10-24)9-22-19(26)17-4-1-7-21-17/h5-6,11,13-14,17,21H,1-4,7-10,12H2,(H,22,26). The molecule has 4 heterocycles. The van der Waals surface area contributed by atoms with Gasteiger partial charge in [-0.25, -0.2) is 4.98 Å². The van der Waals surface area contributed by atoms with Crippen molar-refractivity contribution in [1.82, 2.24) is 24.9 Å². The number of piperidine rings is 1. The van der Waals surface area contributed by atoms with E-state index in [0.717, 1.165) is 56.9 Å². The van der Waals surface area contributed by atoms with Gasteiger partial charge in [0.1, 0.15) is 5.65 Å². The maximum atomic E-state index is 12.2. The number of hydrogen-bond acceptors (Lipinski definition) is 4. The van der Waals surface area contributed by atoms with Crippen LogP contribution < -0.4 is 10.6 Å². The second-order valence-electron chi connectivity index (χ2n) is 7.48. The average Bonchev–Trinajstić information content (AvgIpc) is 3.29. The van der Waals surface area contributed by atoms with Crippen LogP contribution in [0.4, 0.5) is 0 Å². The van der Waals surface area contributed by atoms with Crippen LogP contribution in [0.25, 0.3) is 5.65 Å². The highest BCUT2D eigenvalue weighted by Gasteiger charge is 2.25. The summed E-state index contributed by atoms with van der Waals surface area (Å²) < 4.78 is 1.98. The number of rotatable bonds is 5. The van der Waals surface area contributed by atoms with Crippen molar-refractivity contribution in [1.29, 1.82) is 0 Å². The van der Waals surface area contributed by atoms with Gasteiger partial charge in [-0.15, -0.1) is 0 Å². The first-order valence-corrected chi connectivity index (χ1v) is 9.92. The minimum atomic E-state index is 0.0134. The Balaban J connectivity index is 1.30. The molecule has 2 atom stereocenters. The van der Waals surface area contributed by atoms with Crippen molar-refractivity contribution in [3.05, 3.63) is 35.2 Å². The summed E-state index contributed by atoms with van der Waals surface area (Å²) in [5, 5.41) is 7.12. The number of pyridine rings is 1. The quantitative estimate of drug-likeness (QED) is 0.839. The molecule has 2 saturated heterocycles. The second kappa shape index (κ2) is 7.94. The minimum Gasteiger partial charge on any atom is -0.354 e. The van der Waals surface area contributed by atoms with Gasteiger partial charge in [-0.2, -0.15) is 0 Å². The molecule has 0 aliphatic carbocycles. The van der Waals surface area contributed by atoms with Crippen molar-refractivity contribution >= 4 is 23.2 Å². The minimum absolute atomic E-state index is 0.0134. The zero-order chi connectivity index (χ0) is 17.9. The van der Waals surface area contributed by atoms with Crippen LogP contribution >= 0.6 is 11.6 Å². The van der Waals surface area contributed by atoms with Gasteiger partial charge in [0.15, 0.2) is 0 Å². The molecule has 6 nitrogen and oxygen atoms in total. The smallest absolute Gasteiger partial charge is 0.237 e. The number of nitrogens with zero attached hydrogens (tertiary/aromatic N) is 3. The van der Waals surface area contributed by atoms with E-state index < -0.39 is 0 Å². The van der Waals surface area contributed by atoms with Gasteiger partial charge in [0.05, 0.1) is 16.8 Å². The Kier molecular flexibility index (Phi) is 5.43. The van der Waals surface area contributed by atoms with E-state index in [1.54, 1.807) is 0 Å². The highest BCUT2D eigenvalue weighted by molar-refractivity contribution is 6.30. The van der Waals surface area contributed by atoms with Crippen LogP contribution in [0.1, 0.15) is 31.4 Å². The van der Waals surface area contributed by atoms with E-state index in [1.807, 2.05) is 22.7 Å². The molecule has 0 bridgehead atoms. The number of carbonyl (C=O) groups excluding carboxylic acids is 1. The third kappa shape index (κ3) is 4.19. The summed E-state index contributed by atoms with van der Waals surface area (Å²) >= 11 is 6.05. The topological polar surface area (TPSA) is 61.7 Å². The van der Waals surface area contributed by atoms with Gasteiger partial charge in [0.2, 0.25) is 5.91 Å². The van der Waals surface area contributed by atoms with Gasteiger partial charge in [-0.1, -0.05) is 11.6 Å². The molecule has 2 aromatic heterocycles. The number of amides is 1. The molecule has 7 heteroatoms. The summed E-state index contributed by atoms with van der Waals surface area (Å²) in [7, 11) is 0. The maximum Gasteiger partial charge on any atom is 0.237 e. The third-order valence-corrected chi connectivity index (χ3v) is 5.62. The average molecular weight is 376 g/mol. The van der Waals surface area contributed by atoms with Crippen LogP contribution in [0.15, 0.2) is 24.5 Å². The number of hydrogen-bond donors (Lipinski definition) is 2. The van der Waals surface area contributed by atoms with E-state index in [0.29, 0.717) is 10.9 Å². The number of imidazole rings is 1. The van der Waals surface area contributed by atoms with Gasteiger partial charge < -0.3 is 15.0 Å². The van der Waals surface area contributed by atoms with Crippen LogP contribution in [-0.4, -0.2) is 52.4 Å². The summed E-state index contributed by atoms with van der Waals surface area (Å²) in [5.41, 5.74) is 1.99. The summed E-state index contributed by atoms with van der Waals surface area (Å²) in [6, 6.07) is 3.82. The van der Waals surface area contributed by atoms with Crippen molar-refractivity contribution < 1.29 is 4.79 Å². The molecule has 1 amide bonds. The molecule has 0 saturated carbocycles. The van der Waals surface area contributed by atoms with E-state index in [-0.39, 0.29) is 11.9 Å². The first-order chi connectivity index (χ1) is 12.7. The molecule has 0 spiro atoms. The normalized spacial score (nSPS) is 24.2. The van der Waals surface area contributed by atoms with Crippen molar-refractivity contribution in [2.24, 2.45) is 5.92 Å². The zero-order valence-electron chi connectivity index (χ0n) is 15.0. The molecule has 2 aromatic rings. The predicted octanol–water partition coefficient (Wildman–Crippen LogP) is 2.07. The van der Waals surface area contributed by atoms with Gasteiger partial charge in [-0.3, -0.25) is 9.69 Å². The van der Waals surface area contributed by atoms with Gasteiger partial charge in [0.25, 0.3) is 0 Å². The lowest BCUT2D eigenvalue weighted by molar-refractivity contribution is -0.123. The Bertz CT molecular complexity index is 770. The number of aromatic nitrogens is 2. The summed E-state index contributed by atoms with van der Waals surface area (Å²) in [4.78, 5) is 19.3. The summed E-state index contributed by atoms with van der Waals surface area (Å²) in [5.74, 6) is 0.678. The lowest BCUT2D eigenvalue weighted by Crippen LogP contribution is -2.45. The Labute approximate surface area is 158 Å². The van der Waals surface area contributed by atoms with Crippen molar-refractivity contribution in [3.8, 4) is 0 Å². The van der Waals surface area contributed by atoms with Crippen LogP contribution in [0.2, 0.25) is 5.02 Å².